The Morgan fingerprint density at radius 1 is 0.545 bits per heavy atom. The van der Waals surface area contributed by atoms with Crippen LogP contribution in [0.2, 0.25) is 0 Å². The van der Waals surface area contributed by atoms with Crippen molar-refractivity contribution in [3.63, 3.8) is 0 Å². The molecule has 0 aliphatic carbocycles. The van der Waals surface area contributed by atoms with Gasteiger partial charge in [0.05, 0.1) is 0 Å². The first kappa shape index (κ1) is 37.9. The molecule has 0 radical (unpaired) electrons. The number of hydrogen-bond donors (Lipinski definition) is 0. The number of ether oxygens (including phenoxy) is 1. The Labute approximate surface area is 326 Å². The largest absolute Gasteiger partial charge is 0.457 e. The molecule has 278 valence electrons. The van der Waals surface area contributed by atoms with Gasteiger partial charge in [-0.15, -0.1) is 0 Å². The van der Waals surface area contributed by atoms with Crippen LogP contribution in [0.4, 0.5) is 0 Å². The first-order chi connectivity index (χ1) is 26.8. The molecule has 0 amide bonds. The second kappa shape index (κ2) is 17.4. The molecule has 55 heavy (non-hydrogen) atoms. The maximum Gasteiger partial charge on any atom is 0.342 e. The van der Waals surface area contributed by atoms with E-state index >= 15 is 0 Å². The van der Waals surface area contributed by atoms with Crippen LogP contribution in [0, 0.1) is 6.92 Å². The van der Waals surface area contributed by atoms with E-state index in [9.17, 15) is 4.79 Å². The molecule has 0 saturated carbocycles. The Hall–Kier alpha value is -5.41. The van der Waals surface area contributed by atoms with E-state index in [0.717, 1.165) is 60.9 Å². The van der Waals surface area contributed by atoms with Gasteiger partial charge in [0.25, 0.3) is 18.1 Å². The van der Waals surface area contributed by atoms with Gasteiger partial charge in [-0.2, -0.15) is 0 Å². The van der Waals surface area contributed by atoms with Crippen molar-refractivity contribution in [2.24, 2.45) is 0 Å². The van der Waals surface area contributed by atoms with Gasteiger partial charge in [-0.25, -0.2) is 4.79 Å². The third kappa shape index (κ3) is 8.62. The highest BCUT2D eigenvalue weighted by molar-refractivity contribution is 7.27. The fourth-order valence-corrected chi connectivity index (χ4v) is 7.85. The van der Waals surface area contributed by atoms with Gasteiger partial charge in [0.15, 0.2) is 0 Å². The molecule has 2 unspecified atom stereocenters. The molecule has 6 nitrogen and oxygen atoms in total. The summed E-state index contributed by atoms with van der Waals surface area (Å²) in [6.07, 6.45) is 0. The monoisotopic (exact) mass is 766 g/mol. The second-order valence-electron chi connectivity index (χ2n) is 14.0. The molecule has 0 aliphatic rings. The predicted octanol–water partition coefficient (Wildman–Crippen LogP) is 13.5. The molecule has 0 N–H and O–H groups in total. The summed E-state index contributed by atoms with van der Waals surface area (Å²) in [5.74, 6) is 2.48. The van der Waals surface area contributed by atoms with Crippen LogP contribution < -0.4 is 18.1 Å². The van der Waals surface area contributed by atoms with Crippen molar-refractivity contribution in [1.29, 1.82) is 0 Å². The SMILES string of the molecule is Cc1ccc(COC(=O)c2cc3ccccc3c(-c3c(OPOc4ccccc4C(C)C)ccc4ccccc34)c2OPOc2ccccc2C(C)C)cc1. The van der Waals surface area contributed by atoms with Crippen molar-refractivity contribution in [3.05, 3.63) is 167 Å². The van der Waals surface area contributed by atoms with Crippen LogP contribution in [-0.4, -0.2) is 5.97 Å². The summed E-state index contributed by atoms with van der Waals surface area (Å²) in [6, 6.07) is 45.9. The molecule has 7 aromatic rings. The van der Waals surface area contributed by atoms with E-state index in [2.05, 4.69) is 52.0 Å². The maximum atomic E-state index is 14.3. The van der Waals surface area contributed by atoms with Gasteiger partial charge in [0.2, 0.25) is 0 Å². The minimum atomic E-state index is -0.506. The fourth-order valence-electron chi connectivity index (χ4n) is 6.66. The van der Waals surface area contributed by atoms with Crippen LogP contribution in [-0.2, 0) is 11.3 Å². The summed E-state index contributed by atoms with van der Waals surface area (Å²) in [7, 11) is -0.808. The molecule has 7 aromatic carbocycles. The molecule has 7 rings (SSSR count). The average molecular weight is 767 g/mol. The van der Waals surface area contributed by atoms with E-state index in [1.807, 2.05) is 122 Å². The third-order valence-corrected chi connectivity index (χ3v) is 10.7. The molecule has 0 aromatic heterocycles. The highest BCUT2D eigenvalue weighted by Gasteiger charge is 2.27. The van der Waals surface area contributed by atoms with E-state index in [0.29, 0.717) is 17.1 Å². The Morgan fingerprint density at radius 2 is 1.07 bits per heavy atom. The predicted molar refractivity (Wildman–Crippen MR) is 227 cm³/mol. The Kier molecular flexibility index (Phi) is 12.0. The number of benzene rings is 7. The number of fused-ring (bicyclic) bond motifs is 2. The Morgan fingerprint density at radius 3 is 1.71 bits per heavy atom. The molecule has 8 heteroatoms. The summed E-state index contributed by atoms with van der Waals surface area (Å²) in [4.78, 5) is 14.3. The highest BCUT2D eigenvalue weighted by Crippen LogP contribution is 2.50. The van der Waals surface area contributed by atoms with E-state index in [-0.39, 0.29) is 33.0 Å². The Balaban J connectivity index is 1.36. The van der Waals surface area contributed by atoms with Crippen molar-refractivity contribution in [2.75, 3.05) is 0 Å². The van der Waals surface area contributed by atoms with Gasteiger partial charge in [-0.05, 0) is 81.3 Å². The lowest BCUT2D eigenvalue weighted by molar-refractivity contribution is 0.0471. The minimum Gasteiger partial charge on any atom is -0.457 e. The van der Waals surface area contributed by atoms with Crippen LogP contribution in [0.25, 0.3) is 32.7 Å². The minimum absolute atomic E-state index is 0.111. The lowest BCUT2D eigenvalue weighted by atomic mass is 9.90. The van der Waals surface area contributed by atoms with E-state index in [1.54, 1.807) is 0 Å². The topological polar surface area (TPSA) is 63.2 Å². The molecule has 0 fully saturated rings. The second-order valence-corrected chi connectivity index (χ2v) is 15.2. The number of esters is 1. The van der Waals surface area contributed by atoms with Gasteiger partial charge < -0.3 is 22.8 Å². The van der Waals surface area contributed by atoms with Gasteiger partial charge in [-0.3, -0.25) is 0 Å². The standard InChI is InChI=1S/C47H44O6P2/c1-30(2)36-16-10-12-20-41(36)50-54-52-43-27-26-34-14-6-8-18-38(34)44(43)45-39-19-9-7-15-35(39)28-40(47(48)49-29-33-24-22-32(5)23-25-33)46(45)53-55-51-42-21-13-11-17-37(42)31(3)4/h6-28,30-31,54-55H,29H2,1-5H3. The molecule has 2 atom stereocenters. The lowest BCUT2D eigenvalue weighted by Gasteiger charge is -2.22. The third-order valence-electron chi connectivity index (χ3n) is 9.53. The molecule has 0 bridgehead atoms. The molecule has 0 saturated heterocycles. The number of aryl methyl sites for hydroxylation is 1. The van der Waals surface area contributed by atoms with E-state index in [1.165, 1.54) is 0 Å². The van der Waals surface area contributed by atoms with Crippen molar-refractivity contribution in [2.45, 2.75) is 53.1 Å². The van der Waals surface area contributed by atoms with Gasteiger partial charge in [0.1, 0.15) is 35.2 Å². The average Bonchev–Trinajstić information content (AvgIpc) is 3.20. The first-order valence-corrected chi connectivity index (χ1v) is 20.1. The molecular weight excluding hydrogens is 722 g/mol. The quantitative estimate of drug-likeness (QED) is 0.0811. The van der Waals surface area contributed by atoms with Gasteiger partial charge >= 0.3 is 5.97 Å². The first-order valence-electron chi connectivity index (χ1n) is 18.4. The van der Waals surface area contributed by atoms with E-state index in [4.69, 9.17) is 22.8 Å². The fraction of sp³-hybridized carbons (Fsp3) is 0.170. The molecule has 0 heterocycles. The van der Waals surface area contributed by atoms with Gasteiger partial charge in [-0.1, -0.05) is 149 Å². The van der Waals surface area contributed by atoms with Crippen LogP contribution in [0.15, 0.2) is 140 Å². The summed E-state index contributed by atoms with van der Waals surface area (Å²) in [5, 5.41) is 3.67. The summed E-state index contributed by atoms with van der Waals surface area (Å²) < 4.78 is 31.9. The summed E-state index contributed by atoms with van der Waals surface area (Å²) in [5.41, 5.74) is 5.97. The maximum absolute atomic E-state index is 14.3. The molecule has 0 aliphatic heterocycles. The molecule has 0 spiro atoms. The number of carbonyl (C=O) groups excluding carboxylic acids is 1. The number of carbonyl (C=O) groups is 1. The summed E-state index contributed by atoms with van der Waals surface area (Å²) >= 11 is 0. The smallest absolute Gasteiger partial charge is 0.342 e. The zero-order valence-electron chi connectivity index (χ0n) is 31.6. The zero-order chi connectivity index (χ0) is 38.3. The van der Waals surface area contributed by atoms with Crippen molar-refractivity contribution in [1.82, 2.24) is 0 Å². The summed E-state index contributed by atoms with van der Waals surface area (Å²) in [6.45, 7) is 10.7. The van der Waals surface area contributed by atoms with Crippen molar-refractivity contribution < 1.29 is 27.6 Å². The van der Waals surface area contributed by atoms with Gasteiger partial charge in [0, 0.05) is 11.1 Å². The van der Waals surface area contributed by atoms with Crippen LogP contribution >= 0.6 is 18.1 Å². The number of para-hydroxylation sites is 2. The zero-order valence-corrected chi connectivity index (χ0v) is 33.6. The van der Waals surface area contributed by atoms with Crippen molar-refractivity contribution in [3.8, 4) is 34.1 Å². The van der Waals surface area contributed by atoms with Crippen molar-refractivity contribution >= 4 is 45.6 Å². The normalized spacial score (nSPS) is 11.7. The lowest BCUT2D eigenvalue weighted by Crippen LogP contribution is -2.08. The Bertz CT molecular complexity index is 2440. The number of hydrogen-bond acceptors (Lipinski definition) is 6. The van der Waals surface area contributed by atoms with Crippen LogP contribution in [0.3, 0.4) is 0 Å². The van der Waals surface area contributed by atoms with E-state index < -0.39 is 15.0 Å². The van der Waals surface area contributed by atoms with Crippen LogP contribution in [0.5, 0.6) is 23.0 Å². The highest BCUT2D eigenvalue weighted by atomic mass is 31.1. The van der Waals surface area contributed by atoms with Crippen LogP contribution in [0.1, 0.15) is 72.1 Å². The molecular formula is C47H44O6P2. The number of rotatable bonds is 14.